The number of ether oxygens (including phenoxy) is 1. The zero-order valence-corrected chi connectivity index (χ0v) is 18.7. The van der Waals surface area contributed by atoms with Gasteiger partial charge in [0.2, 0.25) is 0 Å². The maximum absolute atomic E-state index is 13.4. The van der Waals surface area contributed by atoms with Gasteiger partial charge in [-0.1, -0.05) is 11.3 Å². The van der Waals surface area contributed by atoms with Crippen LogP contribution in [0.15, 0.2) is 47.4 Å². The molecule has 0 radical (unpaired) electrons. The zero-order valence-electron chi connectivity index (χ0n) is 17.0. The molecule has 1 fully saturated rings. The number of thiazole rings is 1. The van der Waals surface area contributed by atoms with Gasteiger partial charge in [-0.15, -0.1) is 11.8 Å². The molecule has 0 saturated carbocycles. The van der Waals surface area contributed by atoms with Crippen molar-refractivity contribution in [1.29, 1.82) is 0 Å². The van der Waals surface area contributed by atoms with Crippen molar-refractivity contribution in [1.82, 2.24) is 9.88 Å². The van der Waals surface area contributed by atoms with E-state index in [4.69, 9.17) is 9.72 Å². The van der Waals surface area contributed by atoms with Gasteiger partial charge in [-0.2, -0.15) is 0 Å². The summed E-state index contributed by atoms with van der Waals surface area (Å²) in [7, 11) is 0. The van der Waals surface area contributed by atoms with Crippen molar-refractivity contribution in [3.8, 4) is 0 Å². The maximum atomic E-state index is 13.4. The minimum atomic E-state index is -0.471. The summed E-state index contributed by atoms with van der Waals surface area (Å²) in [6, 6.07) is 11.8. The van der Waals surface area contributed by atoms with Gasteiger partial charge >= 0.3 is 0 Å². The van der Waals surface area contributed by atoms with Crippen LogP contribution in [-0.2, 0) is 4.74 Å². The molecule has 0 atom stereocenters. The van der Waals surface area contributed by atoms with Crippen LogP contribution in [0.25, 0.3) is 10.2 Å². The number of carbonyl (C=O) groups excluding carboxylic acids is 1. The number of nitro groups is 1. The Labute approximate surface area is 188 Å². The quantitative estimate of drug-likeness (QED) is 0.301. The molecule has 31 heavy (non-hydrogen) atoms. The topological polar surface area (TPSA) is 88.8 Å². The van der Waals surface area contributed by atoms with Gasteiger partial charge in [0.15, 0.2) is 5.13 Å². The molecule has 1 amide bonds. The van der Waals surface area contributed by atoms with Gasteiger partial charge in [-0.3, -0.25) is 24.7 Å². The van der Waals surface area contributed by atoms with Crippen LogP contribution in [-0.4, -0.2) is 66.4 Å². The van der Waals surface area contributed by atoms with Gasteiger partial charge in [0.05, 0.1) is 28.4 Å². The highest BCUT2D eigenvalue weighted by Gasteiger charge is 2.23. The van der Waals surface area contributed by atoms with Crippen molar-refractivity contribution in [2.24, 2.45) is 0 Å². The molecule has 1 aromatic heterocycles. The summed E-state index contributed by atoms with van der Waals surface area (Å²) in [6.45, 7) is 4.22. The van der Waals surface area contributed by atoms with Crippen LogP contribution in [0.3, 0.4) is 0 Å². The molecule has 0 bridgehead atoms. The Morgan fingerprint density at radius 1 is 1.26 bits per heavy atom. The first kappa shape index (κ1) is 21.7. The molecule has 2 aromatic carbocycles. The lowest BCUT2D eigenvalue weighted by Crippen LogP contribution is -2.43. The number of nitrogens with zero attached hydrogens (tertiary/aromatic N) is 4. The predicted octanol–water partition coefficient (Wildman–Crippen LogP) is 3.91. The van der Waals surface area contributed by atoms with Gasteiger partial charge in [0.1, 0.15) is 0 Å². The second kappa shape index (κ2) is 9.73. The Bertz CT molecular complexity index is 1080. The van der Waals surface area contributed by atoms with E-state index in [1.165, 1.54) is 35.6 Å². The minimum Gasteiger partial charge on any atom is -0.379 e. The molecule has 0 spiro atoms. The lowest BCUT2D eigenvalue weighted by atomic mass is 10.2. The van der Waals surface area contributed by atoms with Crippen LogP contribution in [0.1, 0.15) is 10.4 Å². The largest absolute Gasteiger partial charge is 0.379 e. The van der Waals surface area contributed by atoms with Crippen LogP contribution in [0.5, 0.6) is 0 Å². The number of benzene rings is 2. The first-order chi connectivity index (χ1) is 15.0. The fourth-order valence-corrected chi connectivity index (χ4v) is 4.91. The number of morpholine rings is 1. The summed E-state index contributed by atoms with van der Waals surface area (Å²) in [4.78, 5) is 33.6. The number of nitro benzene ring substituents is 1. The first-order valence-corrected chi connectivity index (χ1v) is 11.9. The van der Waals surface area contributed by atoms with E-state index in [0.717, 1.165) is 28.2 Å². The number of fused-ring (bicyclic) bond motifs is 1. The van der Waals surface area contributed by atoms with E-state index in [9.17, 15) is 14.9 Å². The van der Waals surface area contributed by atoms with Crippen LogP contribution < -0.4 is 4.90 Å². The Morgan fingerprint density at radius 2 is 2.00 bits per heavy atom. The highest BCUT2D eigenvalue weighted by molar-refractivity contribution is 7.98. The van der Waals surface area contributed by atoms with Gasteiger partial charge in [0.25, 0.3) is 11.6 Å². The molecule has 0 unspecified atom stereocenters. The minimum absolute atomic E-state index is 0.0407. The molecule has 0 aliphatic carbocycles. The highest BCUT2D eigenvalue weighted by Crippen LogP contribution is 2.32. The van der Waals surface area contributed by atoms with Crippen LogP contribution >= 0.6 is 23.1 Å². The number of rotatable bonds is 7. The average molecular weight is 459 g/mol. The lowest BCUT2D eigenvalue weighted by molar-refractivity contribution is -0.384. The smallest absolute Gasteiger partial charge is 0.269 e. The Hall–Kier alpha value is -2.53. The standard InChI is InChI=1S/C21H22N4O4S2/c1-30-17-6-7-18-19(14-17)31-21(22-18)24(9-8-23-10-12-29-13-11-23)20(26)15-2-4-16(5-3-15)25(27)28/h2-7,14H,8-13H2,1H3. The van der Waals surface area contributed by atoms with Crippen LogP contribution in [0.4, 0.5) is 10.8 Å². The van der Waals surface area contributed by atoms with E-state index in [0.29, 0.717) is 37.0 Å². The summed E-state index contributed by atoms with van der Waals surface area (Å²) in [6.07, 6.45) is 2.02. The number of hydrogen-bond acceptors (Lipinski definition) is 8. The Morgan fingerprint density at radius 3 is 2.68 bits per heavy atom. The SMILES string of the molecule is CSc1ccc2nc(N(CCN3CCOCC3)C(=O)c3ccc([N+](=O)[O-])cc3)sc2c1. The third kappa shape index (κ3) is 5.04. The summed E-state index contributed by atoms with van der Waals surface area (Å²) in [5.74, 6) is -0.215. The molecular formula is C21H22N4O4S2. The van der Waals surface area contributed by atoms with Gasteiger partial charge in [-0.25, -0.2) is 4.98 Å². The molecular weight excluding hydrogens is 436 g/mol. The third-order valence-electron chi connectivity index (χ3n) is 5.13. The summed E-state index contributed by atoms with van der Waals surface area (Å²) < 4.78 is 6.43. The molecule has 1 aliphatic heterocycles. The molecule has 4 rings (SSSR count). The molecule has 8 nitrogen and oxygen atoms in total. The normalized spacial score (nSPS) is 14.6. The van der Waals surface area contributed by atoms with E-state index in [2.05, 4.69) is 11.0 Å². The number of thioether (sulfide) groups is 1. The monoisotopic (exact) mass is 458 g/mol. The summed E-state index contributed by atoms with van der Waals surface area (Å²) >= 11 is 3.14. The second-order valence-corrected chi connectivity index (χ2v) is 8.93. The summed E-state index contributed by atoms with van der Waals surface area (Å²) in [5, 5.41) is 11.6. The maximum Gasteiger partial charge on any atom is 0.269 e. The third-order valence-corrected chi connectivity index (χ3v) is 6.90. The van der Waals surface area contributed by atoms with Crippen molar-refractivity contribution < 1.29 is 14.5 Å². The molecule has 3 aromatic rings. The molecule has 10 heteroatoms. The number of carbonyl (C=O) groups is 1. The number of non-ortho nitro benzene ring substituents is 1. The molecule has 162 valence electrons. The van der Waals surface area contributed by atoms with E-state index >= 15 is 0 Å². The number of amides is 1. The van der Waals surface area contributed by atoms with Crippen LogP contribution in [0.2, 0.25) is 0 Å². The van der Waals surface area contributed by atoms with Crippen molar-refractivity contribution in [3.05, 3.63) is 58.1 Å². The molecule has 1 saturated heterocycles. The van der Waals surface area contributed by atoms with E-state index in [-0.39, 0.29) is 11.6 Å². The molecule has 1 aliphatic rings. The van der Waals surface area contributed by atoms with Gasteiger partial charge < -0.3 is 4.74 Å². The van der Waals surface area contributed by atoms with Crippen molar-refractivity contribution in [3.63, 3.8) is 0 Å². The number of aromatic nitrogens is 1. The number of hydrogen-bond donors (Lipinski definition) is 0. The Kier molecular flexibility index (Phi) is 6.81. The van der Waals surface area contributed by atoms with Crippen molar-refractivity contribution in [2.45, 2.75) is 4.90 Å². The highest BCUT2D eigenvalue weighted by atomic mass is 32.2. The van der Waals surface area contributed by atoms with Crippen LogP contribution in [0, 0.1) is 10.1 Å². The van der Waals surface area contributed by atoms with E-state index in [1.54, 1.807) is 16.7 Å². The van der Waals surface area contributed by atoms with Gasteiger partial charge in [-0.05, 0) is 36.6 Å². The van der Waals surface area contributed by atoms with E-state index in [1.807, 2.05) is 18.4 Å². The first-order valence-electron chi connectivity index (χ1n) is 9.86. The molecule has 0 N–H and O–H groups in total. The van der Waals surface area contributed by atoms with Crippen molar-refractivity contribution >= 4 is 50.0 Å². The fraction of sp³-hybridized carbons (Fsp3) is 0.333. The fourth-order valence-electron chi connectivity index (χ4n) is 3.37. The van der Waals surface area contributed by atoms with Gasteiger partial charge in [0, 0.05) is 48.8 Å². The molecule has 2 heterocycles. The van der Waals surface area contributed by atoms with E-state index < -0.39 is 4.92 Å². The second-order valence-electron chi connectivity index (χ2n) is 7.04. The zero-order chi connectivity index (χ0) is 21.8. The van der Waals surface area contributed by atoms with Crippen molar-refractivity contribution in [2.75, 3.05) is 50.5 Å². The number of anilines is 1. The average Bonchev–Trinajstić information content (AvgIpc) is 3.22. The predicted molar refractivity (Wildman–Crippen MR) is 123 cm³/mol. The Balaban J connectivity index is 1.63. The summed E-state index contributed by atoms with van der Waals surface area (Å²) in [5.41, 5.74) is 1.21. The lowest BCUT2D eigenvalue weighted by Gasteiger charge is -2.29.